The summed E-state index contributed by atoms with van der Waals surface area (Å²) < 4.78 is 5.56. The van der Waals surface area contributed by atoms with Crippen LogP contribution in [0.15, 0.2) is 71.9 Å². The molecule has 0 radical (unpaired) electrons. The largest absolute Gasteiger partial charge is 0.481 e. The third-order valence-corrected chi connectivity index (χ3v) is 4.01. The van der Waals surface area contributed by atoms with Crippen molar-refractivity contribution in [2.45, 2.75) is 13.3 Å². The second-order valence-electron chi connectivity index (χ2n) is 6.16. The van der Waals surface area contributed by atoms with Crippen LogP contribution >= 0.6 is 0 Å². The Balaban J connectivity index is 1.53. The minimum atomic E-state index is -0.615. The van der Waals surface area contributed by atoms with Crippen LogP contribution in [0.3, 0.4) is 0 Å². The van der Waals surface area contributed by atoms with Crippen LogP contribution in [-0.2, 0) is 16.1 Å². The lowest BCUT2D eigenvalue weighted by Gasteiger charge is -2.08. The van der Waals surface area contributed by atoms with Gasteiger partial charge in [-0.25, -0.2) is 4.79 Å². The van der Waals surface area contributed by atoms with Crippen LogP contribution in [0.25, 0.3) is 10.8 Å². The fourth-order valence-electron chi connectivity index (χ4n) is 2.68. The van der Waals surface area contributed by atoms with Gasteiger partial charge in [0.2, 0.25) is 0 Å². The Morgan fingerprint density at radius 2 is 1.75 bits per heavy atom. The zero-order valence-corrected chi connectivity index (χ0v) is 15.2. The first-order valence-electron chi connectivity index (χ1n) is 8.60. The van der Waals surface area contributed by atoms with Crippen molar-refractivity contribution in [2.75, 3.05) is 6.61 Å². The Labute approximate surface area is 161 Å². The molecule has 0 N–H and O–H groups in total. The van der Waals surface area contributed by atoms with Crippen molar-refractivity contribution < 1.29 is 19.3 Å². The Kier molecular flexibility index (Phi) is 5.96. The molecule has 0 spiro atoms. The highest BCUT2D eigenvalue weighted by atomic mass is 16.7. The molecule has 3 aromatic carbocycles. The van der Waals surface area contributed by atoms with Crippen molar-refractivity contribution in [3.05, 3.63) is 82.4 Å². The minimum Gasteiger partial charge on any atom is -0.481 e. The van der Waals surface area contributed by atoms with E-state index >= 15 is 0 Å². The lowest BCUT2D eigenvalue weighted by molar-refractivity contribution is -0.384. The van der Waals surface area contributed by atoms with Crippen LogP contribution in [0.4, 0.5) is 5.69 Å². The predicted molar refractivity (Wildman–Crippen MR) is 105 cm³/mol. The summed E-state index contributed by atoms with van der Waals surface area (Å²) in [6.45, 7) is 1.45. The SMILES string of the molecule is C/C(Cc1ccc([N+](=O)[O-])cc1)=N\OC(=O)COc1cccc2ccccc12. The number of non-ortho nitro benzene ring substituents is 1. The van der Waals surface area contributed by atoms with Crippen molar-refractivity contribution in [1.82, 2.24) is 0 Å². The molecule has 0 saturated carbocycles. The molecule has 0 aliphatic rings. The lowest BCUT2D eigenvalue weighted by Crippen LogP contribution is -2.13. The number of nitro groups is 1. The van der Waals surface area contributed by atoms with Gasteiger partial charge >= 0.3 is 5.97 Å². The van der Waals surface area contributed by atoms with Gasteiger partial charge in [0, 0.05) is 23.9 Å². The molecule has 0 atom stereocenters. The van der Waals surface area contributed by atoms with Gasteiger partial charge in [-0.2, -0.15) is 0 Å². The zero-order chi connectivity index (χ0) is 19.9. The first-order valence-corrected chi connectivity index (χ1v) is 8.60. The average Bonchev–Trinajstić information content (AvgIpc) is 2.71. The summed E-state index contributed by atoms with van der Waals surface area (Å²) in [6.07, 6.45) is 0.412. The van der Waals surface area contributed by atoms with Crippen LogP contribution in [-0.4, -0.2) is 23.2 Å². The first kappa shape index (κ1) is 19.0. The number of rotatable bonds is 7. The van der Waals surface area contributed by atoms with Gasteiger partial charge in [-0.15, -0.1) is 0 Å². The van der Waals surface area contributed by atoms with Gasteiger partial charge in [0.25, 0.3) is 5.69 Å². The van der Waals surface area contributed by atoms with E-state index in [1.807, 2.05) is 36.4 Å². The van der Waals surface area contributed by atoms with Crippen LogP contribution in [0.1, 0.15) is 12.5 Å². The van der Waals surface area contributed by atoms with Gasteiger partial charge < -0.3 is 9.57 Å². The molecule has 0 aromatic heterocycles. The van der Waals surface area contributed by atoms with E-state index in [1.54, 1.807) is 25.1 Å². The van der Waals surface area contributed by atoms with Crippen LogP contribution in [0.5, 0.6) is 5.75 Å². The molecule has 3 aromatic rings. The predicted octanol–water partition coefficient (Wildman–Crippen LogP) is 4.29. The zero-order valence-electron chi connectivity index (χ0n) is 15.2. The maximum absolute atomic E-state index is 11.9. The van der Waals surface area contributed by atoms with Gasteiger partial charge in [-0.3, -0.25) is 10.1 Å². The van der Waals surface area contributed by atoms with E-state index in [0.717, 1.165) is 16.3 Å². The summed E-state index contributed by atoms with van der Waals surface area (Å²) in [5, 5.41) is 16.4. The third-order valence-electron chi connectivity index (χ3n) is 4.01. The number of ether oxygens (including phenoxy) is 1. The van der Waals surface area contributed by atoms with Crippen molar-refractivity contribution >= 4 is 28.1 Å². The van der Waals surface area contributed by atoms with E-state index in [-0.39, 0.29) is 12.3 Å². The monoisotopic (exact) mass is 378 g/mol. The minimum absolute atomic E-state index is 0.0235. The standard InChI is InChI=1S/C21H18N2O5/c1-15(13-16-9-11-18(12-10-16)23(25)26)22-28-21(24)14-27-20-8-4-6-17-5-2-3-7-19(17)20/h2-12H,13-14H2,1H3/b22-15+. The second-order valence-corrected chi connectivity index (χ2v) is 6.16. The van der Waals surface area contributed by atoms with E-state index in [4.69, 9.17) is 9.57 Å². The number of hydrogen-bond donors (Lipinski definition) is 0. The summed E-state index contributed by atoms with van der Waals surface area (Å²) in [5.74, 6) is -0.0161. The molecule has 0 bridgehead atoms. The van der Waals surface area contributed by atoms with E-state index < -0.39 is 10.9 Å². The molecule has 3 rings (SSSR count). The molecule has 0 aliphatic carbocycles. The number of fused-ring (bicyclic) bond motifs is 1. The first-order chi connectivity index (χ1) is 13.5. The summed E-state index contributed by atoms with van der Waals surface area (Å²) in [6, 6.07) is 19.5. The Morgan fingerprint density at radius 1 is 1.04 bits per heavy atom. The van der Waals surface area contributed by atoms with E-state index in [2.05, 4.69) is 5.16 Å². The maximum Gasteiger partial charge on any atom is 0.372 e. The maximum atomic E-state index is 11.9. The van der Waals surface area contributed by atoms with Crippen LogP contribution in [0, 0.1) is 10.1 Å². The number of nitro benzene ring substituents is 1. The fourth-order valence-corrected chi connectivity index (χ4v) is 2.68. The Hall–Kier alpha value is -3.74. The number of carbonyl (C=O) groups excluding carboxylic acids is 1. The van der Waals surface area contributed by atoms with Crippen molar-refractivity contribution in [2.24, 2.45) is 5.16 Å². The van der Waals surface area contributed by atoms with Gasteiger partial charge in [0.05, 0.1) is 10.6 Å². The van der Waals surface area contributed by atoms with E-state index in [0.29, 0.717) is 17.9 Å². The highest BCUT2D eigenvalue weighted by Crippen LogP contribution is 2.25. The smallest absolute Gasteiger partial charge is 0.372 e. The molecule has 0 amide bonds. The van der Waals surface area contributed by atoms with Gasteiger partial charge in [-0.1, -0.05) is 53.7 Å². The highest BCUT2D eigenvalue weighted by molar-refractivity contribution is 5.88. The van der Waals surface area contributed by atoms with Crippen LogP contribution < -0.4 is 4.74 Å². The number of carbonyl (C=O) groups is 1. The summed E-state index contributed by atoms with van der Waals surface area (Å²) in [5.41, 5.74) is 1.41. The molecule has 0 fully saturated rings. The number of hydrogen-bond acceptors (Lipinski definition) is 6. The molecule has 28 heavy (non-hydrogen) atoms. The Morgan fingerprint density at radius 3 is 2.50 bits per heavy atom. The number of nitrogens with zero attached hydrogens (tertiary/aromatic N) is 2. The fraction of sp³-hybridized carbons (Fsp3) is 0.143. The molecule has 0 unspecified atom stereocenters. The Bertz CT molecular complexity index is 1020. The van der Waals surface area contributed by atoms with Gasteiger partial charge in [-0.05, 0) is 23.9 Å². The molecule has 7 heteroatoms. The van der Waals surface area contributed by atoms with E-state index in [9.17, 15) is 14.9 Å². The third kappa shape index (κ3) is 4.91. The molecule has 142 valence electrons. The van der Waals surface area contributed by atoms with E-state index in [1.165, 1.54) is 12.1 Å². The van der Waals surface area contributed by atoms with Gasteiger partial charge in [0.15, 0.2) is 6.61 Å². The topological polar surface area (TPSA) is 91.0 Å². The summed E-state index contributed by atoms with van der Waals surface area (Å²) in [7, 11) is 0. The molecular formula is C21H18N2O5. The highest BCUT2D eigenvalue weighted by Gasteiger charge is 2.08. The van der Waals surface area contributed by atoms with Gasteiger partial charge in [0.1, 0.15) is 5.75 Å². The summed E-state index contributed by atoms with van der Waals surface area (Å²) >= 11 is 0. The second kappa shape index (κ2) is 8.77. The van der Waals surface area contributed by atoms with Crippen molar-refractivity contribution in [1.29, 1.82) is 0 Å². The average molecular weight is 378 g/mol. The molecule has 0 aliphatic heterocycles. The normalized spacial score (nSPS) is 11.2. The van der Waals surface area contributed by atoms with Crippen molar-refractivity contribution in [3.63, 3.8) is 0 Å². The van der Waals surface area contributed by atoms with Crippen molar-refractivity contribution in [3.8, 4) is 5.75 Å². The molecule has 7 nitrogen and oxygen atoms in total. The molecule has 0 heterocycles. The van der Waals surface area contributed by atoms with Crippen LogP contribution in [0.2, 0.25) is 0 Å². The molecule has 0 saturated heterocycles. The number of benzene rings is 3. The summed E-state index contributed by atoms with van der Waals surface area (Å²) in [4.78, 5) is 27.0. The molecular weight excluding hydrogens is 360 g/mol. The quantitative estimate of drug-likeness (QED) is 0.265. The number of oxime groups is 1. The lowest BCUT2D eigenvalue weighted by atomic mass is 10.1.